The van der Waals surface area contributed by atoms with Gasteiger partial charge in [0, 0.05) is 0 Å². The van der Waals surface area contributed by atoms with Crippen LogP contribution < -0.4 is 4.46 Å². The van der Waals surface area contributed by atoms with Crippen molar-refractivity contribution in [3.8, 4) is 0 Å². The molecule has 0 heterocycles. The summed E-state index contributed by atoms with van der Waals surface area (Å²) in [4.78, 5) is 0. The summed E-state index contributed by atoms with van der Waals surface area (Å²) in [6.45, 7) is 0. The van der Waals surface area contributed by atoms with Crippen molar-refractivity contribution in [2.24, 2.45) is 0 Å². The summed E-state index contributed by atoms with van der Waals surface area (Å²) in [5, 5.41) is -0.0700. The summed E-state index contributed by atoms with van der Waals surface area (Å²) in [5.41, 5.74) is -2.29. The predicted molar refractivity (Wildman–Crippen MR) is 72.7 cm³/mol. The molecule has 0 bridgehead atoms. The van der Waals surface area contributed by atoms with Gasteiger partial charge in [0.15, 0.2) is 0 Å². The molecule has 1 unspecified atom stereocenters. The first kappa shape index (κ1) is 17.7. The first-order valence-corrected chi connectivity index (χ1v) is 9.06. The first-order chi connectivity index (χ1) is 10.6. The van der Waals surface area contributed by atoms with Gasteiger partial charge in [0.25, 0.3) is 0 Å². The molecule has 0 aromatic heterocycles. The van der Waals surface area contributed by atoms with Crippen LogP contribution in [0, 0.1) is 0 Å². The van der Waals surface area contributed by atoms with Crippen molar-refractivity contribution in [2.75, 3.05) is 0 Å². The molecule has 124 valence electrons. The fraction of sp³-hybridized carbons (Fsp3) is 0.200. The SMILES string of the molecule is O=[Se](Cc1ccccc1)c1cc(C(F)(F)F)cc(C(F)(F)F)c1. The second kappa shape index (κ2) is 6.45. The Labute approximate surface area is 132 Å². The molecule has 8 heteroatoms. The average Bonchev–Trinajstić information content (AvgIpc) is 2.46. The third kappa shape index (κ3) is 4.65. The summed E-state index contributed by atoms with van der Waals surface area (Å²) in [6.07, 6.45) is -9.87. The van der Waals surface area contributed by atoms with Crippen molar-refractivity contribution in [3.63, 3.8) is 0 Å². The van der Waals surface area contributed by atoms with Crippen LogP contribution in [0.5, 0.6) is 0 Å². The molecule has 2 aromatic rings. The Morgan fingerprint density at radius 2 is 1.26 bits per heavy atom. The van der Waals surface area contributed by atoms with Gasteiger partial charge in [-0.3, -0.25) is 0 Å². The minimum atomic E-state index is -4.94. The molecule has 0 spiro atoms. The van der Waals surface area contributed by atoms with E-state index in [0.717, 1.165) is 0 Å². The van der Waals surface area contributed by atoms with Gasteiger partial charge < -0.3 is 0 Å². The van der Waals surface area contributed by atoms with E-state index in [4.69, 9.17) is 0 Å². The van der Waals surface area contributed by atoms with Crippen LogP contribution in [0.25, 0.3) is 0 Å². The monoisotopic (exact) mass is 400 g/mol. The van der Waals surface area contributed by atoms with Crippen molar-refractivity contribution < 1.29 is 30.2 Å². The predicted octanol–water partition coefficient (Wildman–Crippen LogP) is 4.14. The van der Waals surface area contributed by atoms with Crippen molar-refractivity contribution in [2.45, 2.75) is 17.7 Å². The van der Waals surface area contributed by atoms with Crippen LogP contribution in [0.2, 0.25) is 0 Å². The second-order valence-electron chi connectivity index (χ2n) is 4.72. The van der Waals surface area contributed by atoms with Gasteiger partial charge in [-0.05, 0) is 0 Å². The van der Waals surface area contributed by atoms with Crippen molar-refractivity contribution >= 4 is 18.3 Å². The maximum atomic E-state index is 12.8. The van der Waals surface area contributed by atoms with Gasteiger partial charge >= 0.3 is 131 Å². The molecular formula is C15H10F6OSe. The number of benzene rings is 2. The number of hydrogen-bond donors (Lipinski definition) is 0. The van der Waals surface area contributed by atoms with Crippen LogP contribution in [0.15, 0.2) is 48.5 Å². The molecule has 0 amide bonds. The molecule has 0 fully saturated rings. The molecule has 2 rings (SSSR count). The van der Waals surface area contributed by atoms with Crippen molar-refractivity contribution in [1.29, 1.82) is 0 Å². The van der Waals surface area contributed by atoms with Crippen LogP contribution in [0.4, 0.5) is 26.3 Å². The van der Waals surface area contributed by atoms with Crippen LogP contribution in [0.1, 0.15) is 16.7 Å². The Morgan fingerprint density at radius 3 is 1.70 bits per heavy atom. The first-order valence-electron chi connectivity index (χ1n) is 6.29. The summed E-state index contributed by atoms with van der Waals surface area (Å²) < 4.78 is 88.5. The Morgan fingerprint density at radius 1 is 0.783 bits per heavy atom. The zero-order valence-electron chi connectivity index (χ0n) is 11.4. The standard InChI is InChI=1S/C15H10F6OSe/c16-14(17,18)11-6-12(15(19,20)21)8-13(7-11)23(22)9-10-4-2-1-3-5-10/h1-8H,9H2. The molecule has 0 saturated heterocycles. The molecule has 23 heavy (non-hydrogen) atoms. The van der Waals surface area contributed by atoms with Crippen LogP contribution in [-0.4, -0.2) is 13.8 Å². The fourth-order valence-electron chi connectivity index (χ4n) is 1.87. The molecule has 0 radical (unpaired) electrons. The Kier molecular flexibility index (Phi) is 4.96. The molecule has 1 nitrogen and oxygen atoms in total. The zero-order valence-corrected chi connectivity index (χ0v) is 13.1. The van der Waals surface area contributed by atoms with E-state index in [9.17, 15) is 30.2 Å². The molecule has 1 atom stereocenters. The molecule has 0 saturated carbocycles. The average molecular weight is 399 g/mol. The van der Waals surface area contributed by atoms with Gasteiger partial charge in [-0.2, -0.15) is 0 Å². The molecule has 0 aliphatic rings. The van der Waals surface area contributed by atoms with E-state index in [0.29, 0.717) is 17.7 Å². The van der Waals surface area contributed by atoms with Gasteiger partial charge in [-0.1, -0.05) is 0 Å². The summed E-state index contributed by atoms with van der Waals surface area (Å²) in [6, 6.07) is 9.36. The molecule has 0 N–H and O–H groups in total. The van der Waals surface area contributed by atoms with Gasteiger partial charge in [0.1, 0.15) is 0 Å². The van der Waals surface area contributed by atoms with Crippen LogP contribution >= 0.6 is 0 Å². The Hall–Kier alpha value is -1.66. The number of halogens is 6. The van der Waals surface area contributed by atoms with E-state index in [2.05, 4.69) is 0 Å². The molecule has 2 aromatic carbocycles. The van der Waals surface area contributed by atoms with Crippen molar-refractivity contribution in [3.05, 3.63) is 65.2 Å². The quantitative estimate of drug-likeness (QED) is 0.561. The van der Waals surface area contributed by atoms with E-state index in [1.165, 1.54) is 0 Å². The van der Waals surface area contributed by atoms with Gasteiger partial charge in [0.2, 0.25) is 0 Å². The second-order valence-corrected chi connectivity index (χ2v) is 7.76. The van der Waals surface area contributed by atoms with Crippen molar-refractivity contribution in [1.82, 2.24) is 0 Å². The molecule has 0 aliphatic carbocycles. The number of alkyl halides is 6. The van der Waals surface area contributed by atoms with Gasteiger partial charge in [0.05, 0.1) is 0 Å². The van der Waals surface area contributed by atoms with Crippen LogP contribution in [-0.2, 0) is 21.5 Å². The fourth-order valence-corrected chi connectivity index (χ4v) is 4.34. The zero-order chi connectivity index (χ0) is 17.3. The van der Waals surface area contributed by atoms with Gasteiger partial charge in [-0.15, -0.1) is 0 Å². The Balaban J connectivity index is 2.43. The van der Waals surface area contributed by atoms with E-state index < -0.39 is 41.8 Å². The normalized spacial score (nSPS) is 13.8. The summed E-state index contributed by atoms with van der Waals surface area (Å²) in [5.74, 6) is 0. The number of rotatable bonds is 3. The molecular weight excluding hydrogens is 389 g/mol. The number of hydrogen-bond acceptors (Lipinski definition) is 1. The summed E-state index contributed by atoms with van der Waals surface area (Å²) in [7, 11) is 0. The Bertz CT molecular complexity index is 674. The molecule has 0 aliphatic heterocycles. The van der Waals surface area contributed by atoms with E-state index >= 15 is 0 Å². The minimum absolute atomic E-state index is 0.0326. The third-order valence-electron chi connectivity index (χ3n) is 2.96. The van der Waals surface area contributed by atoms with E-state index in [-0.39, 0.29) is 11.4 Å². The van der Waals surface area contributed by atoms with E-state index in [1.54, 1.807) is 30.3 Å². The topological polar surface area (TPSA) is 17.1 Å². The van der Waals surface area contributed by atoms with E-state index in [1.807, 2.05) is 0 Å². The summed E-state index contributed by atoms with van der Waals surface area (Å²) >= 11 is -3.09. The van der Waals surface area contributed by atoms with Gasteiger partial charge in [-0.25, -0.2) is 0 Å². The van der Waals surface area contributed by atoms with Crippen LogP contribution in [0.3, 0.4) is 0 Å². The third-order valence-corrected chi connectivity index (χ3v) is 5.81. The maximum absolute atomic E-state index is 12.8.